The molecule has 0 amide bonds. The molecule has 0 bridgehead atoms. The lowest BCUT2D eigenvalue weighted by Gasteiger charge is -2.25. The van der Waals surface area contributed by atoms with Crippen LogP contribution in [0.25, 0.3) is 0 Å². The summed E-state index contributed by atoms with van der Waals surface area (Å²) in [4.78, 5) is 48.5. The smallest absolute Gasteiger partial charge is 0.336 e. The topological polar surface area (TPSA) is 149 Å². The number of benzene rings is 4. The largest absolute Gasteiger partial charge is 0.478 e. The Kier molecular flexibility index (Phi) is 9.61. The molecular weight excluding hydrogens is 562 g/mol. The number of carbonyl (C=O) groups is 4. The number of aromatic carboxylic acids is 4. The van der Waals surface area contributed by atoms with Crippen LogP contribution in [0.15, 0.2) is 97.1 Å². The molecule has 0 saturated heterocycles. The Hall–Kier alpha value is -4.38. The standard InChI is InChI=1S/C31H26O8P2/c32-28(33)20-10-1-5-14-24(20)40(25-15-6-2-11-21(25)29(34)35)18-9-19-41(26-16-7-3-12-22(26)30(36)37)27-17-8-4-13-23(27)31(38)39/h1-8,10-17H,9,18-19H2,(H,32,33)(H,34,35)(H,36,37)(H,38,39). The average Bonchev–Trinajstić information content (AvgIpc) is 2.97. The van der Waals surface area contributed by atoms with E-state index in [1.807, 2.05) is 0 Å². The molecule has 208 valence electrons. The first-order valence-electron chi connectivity index (χ1n) is 12.5. The van der Waals surface area contributed by atoms with Crippen molar-refractivity contribution in [1.29, 1.82) is 0 Å². The lowest BCUT2D eigenvalue weighted by Crippen LogP contribution is -2.26. The Morgan fingerprint density at radius 1 is 0.415 bits per heavy atom. The van der Waals surface area contributed by atoms with Gasteiger partial charge in [0.2, 0.25) is 0 Å². The van der Waals surface area contributed by atoms with Crippen LogP contribution in [-0.2, 0) is 0 Å². The maximum atomic E-state index is 12.1. The van der Waals surface area contributed by atoms with E-state index in [1.54, 1.807) is 72.8 Å². The molecule has 0 aromatic heterocycles. The van der Waals surface area contributed by atoms with E-state index < -0.39 is 39.7 Å². The van der Waals surface area contributed by atoms with E-state index in [0.717, 1.165) is 0 Å². The first kappa shape index (κ1) is 29.6. The molecule has 0 spiro atoms. The van der Waals surface area contributed by atoms with Gasteiger partial charge in [-0.2, -0.15) is 0 Å². The van der Waals surface area contributed by atoms with Crippen molar-refractivity contribution >= 4 is 60.9 Å². The number of hydrogen-bond acceptors (Lipinski definition) is 4. The highest BCUT2D eigenvalue weighted by Gasteiger charge is 2.27. The molecule has 4 aromatic carbocycles. The predicted octanol–water partition coefficient (Wildman–Crippen LogP) is 4.44. The third kappa shape index (κ3) is 6.68. The van der Waals surface area contributed by atoms with Crippen LogP contribution in [0, 0.1) is 0 Å². The molecule has 8 nitrogen and oxygen atoms in total. The molecule has 4 N–H and O–H groups in total. The van der Waals surface area contributed by atoms with Crippen LogP contribution in [0.3, 0.4) is 0 Å². The molecule has 41 heavy (non-hydrogen) atoms. The van der Waals surface area contributed by atoms with E-state index in [4.69, 9.17) is 0 Å². The molecule has 4 rings (SSSR count). The minimum Gasteiger partial charge on any atom is -0.478 e. The number of carboxylic acids is 4. The number of hydrogen-bond donors (Lipinski definition) is 4. The summed E-state index contributed by atoms with van der Waals surface area (Å²) in [7, 11) is -2.90. The van der Waals surface area contributed by atoms with Gasteiger partial charge in [0.15, 0.2) is 0 Å². The van der Waals surface area contributed by atoms with Crippen molar-refractivity contribution < 1.29 is 39.6 Å². The molecule has 0 aliphatic rings. The third-order valence-electron chi connectivity index (χ3n) is 6.46. The van der Waals surface area contributed by atoms with Crippen LogP contribution < -0.4 is 21.2 Å². The van der Waals surface area contributed by atoms with E-state index in [9.17, 15) is 39.6 Å². The SMILES string of the molecule is O=C(O)c1ccccc1P(CCCP(c1ccccc1C(=O)O)c1ccccc1C(=O)O)c1ccccc1C(=O)O. The van der Waals surface area contributed by atoms with Crippen molar-refractivity contribution in [2.24, 2.45) is 0 Å². The van der Waals surface area contributed by atoms with Crippen LogP contribution in [0.4, 0.5) is 0 Å². The molecule has 4 aromatic rings. The van der Waals surface area contributed by atoms with Crippen molar-refractivity contribution in [3.63, 3.8) is 0 Å². The summed E-state index contributed by atoms with van der Waals surface area (Å²) in [5.41, 5.74) is 0.365. The molecule has 0 radical (unpaired) electrons. The van der Waals surface area contributed by atoms with Gasteiger partial charge in [-0.1, -0.05) is 72.8 Å². The highest BCUT2D eigenvalue weighted by atomic mass is 31.1. The van der Waals surface area contributed by atoms with Crippen LogP contribution in [-0.4, -0.2) is 56.6 Å². The van der Waals surface area contributed by atoms with Gasteiger partial charge in [-0.05, 0) is 80.1 Å². The summed E-state index contributed by atoms with van der Waals surface area (Å²) in [6.07, 6.45) is 1.28. The van der Waals surface area contributed by atoms with Gasteiger partial charge in [-0.25, -0.2) is 19.2 Å². The second-order valence-electron chi connectivity index (χ2n) is 8.95. The Morgan fingerprint density at radius 2 is 0.634 bits per heavy atom. The second-order valence-corrected chi connectivity index (χ2v) is 13.5. The summed E-state index contributed by atoms with van der Waals surface area (Å²) in [5, 5.41) is 41.7. The fourth-order valence-corrected chi connectivity index (χ4v) is 10.3. The maximum absolute atomic E-state index is 12.1. The fourth-order valence-electron chi connectivity index (χ4n) is 4.69. The molecular formula is C31H26O8P2. The van der Waals surface area contributed by atoms with Gasteiger partial charge < -0.3 is 20.4 Å². The van der Waals surface area contributed by atoms with Gasteiger partial charge in [0.05, 0.1) is 22.3 Å². The van der Waals surface area contributed by atoms with Crippen molar-refractivity contribution in [1.82, 2.24) is 0 Å². The van der Waals surface area contributed by atoms with Crippen LogP contribution in [0.2, 0.25) is 0 Å². The first-order chi connectivity index (χ1) is 19.7. The number of carboxylic acid groups (broad SMARTS) is 4. The lowest BCUT2D eigenvalue weighted by atomic mass is 10.2. The summed E-state index contributed by atoms with van der Waals surface area (Å²) in [5.74, 6) is -4.47. The Labute approximate surface area is 238 Å². The van der Waals surface area contributed by atoms with Crippen molar-refractivity contribution in [3.05, 3.63) is 119 Å². The van der Waals surface area contributed by atoms with Crippen LogP contribution >= 0.6 is 15.8 Å². The van der Waals surface area contributed by atoms with Gasteiger partial charge in [0.25, 0.3) is 0 Å². The quantitative estimate of drug-likeness (QED) is 0.178. The van der Waals surface area contributed by atoms with E-state index in [2.05, 4.69) is 0 Å². The van der Waals surface area contributed by atoms with Crippen LogP contribution in [0.1, 0.15) is 47.9 Å². The first-order valence-corrected chi connectivity index (χ1v) is 15.6. The van der Waals surface area contributed by atoms with Crippen LogP contribution in [0.5, 0.6) is 0 Å². The van der Waals surface area contributed by atoms with E-state index in [1.165, 1.54) is 24.3 Å². The van der Waals surface area contributed by atoms with Crippen molar-refractivity contribution in [2.75, 3.05) is 12.3 Å². The Morgan fingerprint density at radius 3 is 0.854 bits per heavy atom. The van der Waals surface area contributed by atoms with Gasteiger partial charge >= 0.3 is 23.9 Å². The fraction of sp³-hybridized carbons (Fsp3) is 0.0968. The molecule has 0 aliphatic carbocycles. The Balaban J connectivity index is 1.79. The zero-order chi connectivity index (χ0) is 29.5. The maximum Gasteiger partial charge on any atom is 0.336 e. The third-order valence-corrected chi connectivity index (χ3v) is 11.9. The van der Waals surface area contributed by atoms with E-state index in [-0.39, 0.29) is 22.3 Å². The highest BCUT2D eigenvalue weighted by molar-refractivity contribution is 7.74. The predicted molar refractivity (Wildman–Crippen MR) is 160 cm³/mol. The van der Waals surface area contributed by atoms with Gasteiger partial charge in [0.1, 0.15) is 0 Å². The zero-order valence-corrected chi connectivity index (χ0v) is 23.5. The number of rotatable bonds is 12. The summed E-state index contributed by atoms with van der Waals surface area (Å²) >= 11 is 0. The second kappa shape index (κ2) is 13.3. The van der Waals surface area contributed by atoms with Crippen molar-refractivity contribution in [3.8, 4) is 0 Å². The molecule has 0 aliphatic heterocycles. The van der Waals surface area contributed by atoms with E-state index >= 15 is 0 Å². The van der Waals surface area contributed by atoms with Gasteiger partial charge in [-0.15, -0.1) is 0 Å². The van der Waals surface area contributed by atoms with Gasteiger partial charge in [-0.3, -0.25) is 0 Å². The average molecular weight is 588 g/mol. The van der Waals surface area contributed by atoms with Crippen molar-refractivity contribution in [2.45, 2.75) is 6.42 Å². The van der Waals surface area contributed by atoms with Gasteiger partial charge in [0, 0.05) is 0 Å². The lowest BCUT2D eigenvalue weighted by molar-refractivity contribution is 0.0687. The minimum absolute atomic E-state index is 0.0912. The highest BCUT2D eigenvalue weighted by Crippen LogP contribution is 2.42. The molecule has 0 fully saturated rings. The summed E-state index contributed by atoms with van der Waals surface area (Å²) in [6.45, 7) is 0. The molecule has 0 atom stereocenters. The minimum atomic E-state index is -1.45. The molecule has 0 saturated carbocycles. The Bertz CT molecular complexity index is 1380. The zero-order valence-electron chi connectivity index (χ0n) is 21.7. The molecule has 0 heterocycles. The monoisotopic (exact) mass is 588 g/mol. The molecule has 0 unspecified atom stereocenters. The molecule has 10 heteroatoms. The van der Waals surface area contributed by atoms with E-state index in [0.29, 0.717) is 40.0 Å². The summed E-state index contributed by atoms with van der Waals surface area (Å²) < 4.78 is 0. The normalized spacial score (nSPS) is 11.0. The summed E-state index contributed by atoms with van der Waals surface area (Å²) in [6, 6.07) is 26.2.